The molecule has 19 heavy (non-hydrogen) atoms. The van der Waals surface area contributed by atoms with Gasteiger partial charge in [0, 0.05) is 7.11 Å². The lowest BCUT2D eigenvalue weighted by Gasteiger charge is -2.12. The summed E-state index contributed by atoms with van der Waals surface area (Å²) >= 11 is 0. The van der Waals surface area contributed by atoms with Gasteiger partial charge in [-0.05, 0) is 18.2 Å². The number of hydrogen-bond donors (Lipinski definition) is 2. The van der Waals surface area contributed by atoms with E-state index in [2.05, 4.69) is 9.46 Å². The first kappa shape index (κ1) is 15.6. The van der Waals surface area contributed by atoms with Crippen molar-refractivity contribution in [3.05, 3.63) is 23.8 Å². The summed E-state index contributed by atoms with van der Waals surface area (Å²) < 4.78 is 66.9. The minimum Gasteiger partial charge on any atom is -0.397 e. The fraction of sp³-hybridized carbons (Fsp3) is 0.400. The lowest BCUT2D eigenvalue weighted by molar-refractivity contribution is -0.137. The Bertz CT molecular complexity index is 543. The molecule has 0 radical (unpaired) electrons. The van der Waals surface area contributed by atoms with Crippen molar-refractivity contribution in [3.63, 3.8) is 0 Å². The molecule has 5 nitrogen and oxygen atoms in total. The molecule has 0 saturated heterocycles. The predicted octanol–water partition coefficient (Wildman–Crippen LogP) is 1.68. The molecule has 0 atom stereocenters. The highest BCUT2D eigenvalue weighted by Crippen LogP contribution is 2.33. The second kappa shape index (κ2) is 5.66. The smallest absolute Gasteiger partial charge is 0.397 e. The average Bonchev–Trinajstić information content (AvgIpc) is 2.27. The molecular formula is C10H13F3N2O3S. The average molecular weight is 298 g/mol. The van der Waals surface area contributed by atoms with E-state index in [1.807, 2.05) is 0 Å². The number of anilines is 2. The Labute approximate surface area is 108 Å². The van der Waals surface area contributed by atoms with E-state index >= 15 is 0 Å². The van der Waals surface area contributed by atoms with Crippen molar-refractivity contribution in [2.45, 2.75) is 6.18 Å². The zero-order valence-corrected chi connectivity index (χ0v) is 10.8. The van der Waals surface area contributed by atoms with Gasteiger partial charge in [-0.25, -0.2) is 8.42 Å². The monoisotopic (exact) mass is 298 g/mol. The summed E-state index contributed by atoms with van der Waals surface area (Å²) in [5.74, 6) is -0.316. The summed E-state index contributed by atoms with van der Waals surface area (Å²) in [5, 5.41) is 0. The number of methoxy groups -OCH3 is 1. The van der Waals surface area contributed by atoms with Crippen LogP contribution < -0.4 is 10.5 Å². The van der Waals surface area contributed by atoms with E-state index in [0.29, 0.717) is 6.07 Å². The normalized spacial score (nSPS) is 12.4. The van der Waals surface area contributed by atoms with Crippen molar-refractivity contribution in [2.24, 2.45) is 0 Å². The predicted molar refractivity (Wildman–Crippen MR) is 65.1 cm³/mol. The summed E-state index contributed by atoms with van der Waals surface area (Å²) in [5.41, 5.74) is 4.07. The highest BCUT2D eigenvalue weighted by atomic mass is 32.2. The van der Waals surface area contributed by atoms with Crippen LogP contribution in [0.1, 0.15) is 5.56 Å². The zero-order valence-electron chi connectivity index (χ0n) is 9.99. The Balaban J connectivity index is 2.92. The third kappa shape index (κ3) is 4.60. The Morgan fingerprint density at radius 3 is 2.47 bits per heavy atom. The molecule has 1 aromatic carbocycles. The van der Waals surface area contributed by atoms with Crippen molar-refractivity contribution in [1.29, 1.82) is 0 Å². The van der Waals surface area contributed by atoms with E-state index in [4.69, 9.17) is 5.73 Å². The molecule has 0 fully saturated rings. The van der Waals surface area contributed by atoms with Crippen LogP contribution in [-0.2, 0) is 20.9 Å². The molecule has 1 rings (SSSR count). The van der Waals surface area contributed by atoms with Crippen LogP contribution in [-0.4, -0.2) is 27.9 Å². The van der Waals surface area contributed by atoms with Crippen LogP contribution in [0.2, 0.25) is 0 Å². The van der Waals surface area contributed by atoms with Gasteiger partial charge in [0.2, 0.25) is 10.0 Å². The Morgan fingerprint density at radius 2 is 2.00 bits per heavy atom. The third-order valence-corrected chi connectivity index (χ3v) is 3.44. The molecule has 0 aliphatic heterocycles. The zero-order chi connectivity index (χ0) is 14.7. The largest absolute Gasteiger partial charge is 0.416 e. The van der Waals surface area contributed by atoms with E-state index in [-0.39, 0.29) is 23.7 Å². The SMILES string of the molecule is COCCS(=O)(=O)Nc1ccc(C(F)(F)F)cc1N. The second-order valence-corrected chi connectivity index (χ2v) is 5.56. The van der Waals surface area contributed by atoms with Gasteiger partial charge < -0.3 is 10.5 Å². The number of halogens is 3. The topological polar surface area (TPSA) is 81.4 Å². The molecule has 0 saturated carbocycles. The molecule has 0 aliphatic rings. The lowest BCUT2D eigenvalue weighted by Crippen LogP contribution is -2.20. The first-order chi connectivity index (χ1) is 8.65. The minimum absolute atomic E-state index is 0.0319. The maximum Gasteiger partial charge on any atom is 0.416 e. The molecule has 0 amide bonds. The number of hydrogen-bond acceptors (Lipinski definition) is 4. The number of sulfonamides is 1. The van der Waals surface area contributed by atoms with Crippen LogP contribution in [0.25, 0.3) is 0 Å². The van der Waals surface area contributed by atoms with Crippen molar-refractivity contribution in [1.82, 2.24) is 0 Å². The maximum absolute atomic E-state index is 12.4. The van der Waals surface area contributed by atoms with E-state index in [9.17, 15) is 21.6 Å². The summed E-state index contributed by atoms with van der Waals surface area (Å²) in [6.07, 6.45) is -4.53. The van der Waals surface area contributed by atoms with Gasteiger partial charge in [0.05, 0.1) is 29.3 Å². The van der Waals surface area contributed by atoms with Gasteiger partial charge >= 0.3 is 6.18 Å². The summed E-state index contributed by atoms with van der Waals surface area (Å²) in [6.45, 7) is -0.0319. The molecular weight excluding hydrogens is 285 g/mol. The maximum atomic E-state index is 12.4. The van der Waals surface area contributed by atoms with Gasteiger partial charge in [0.25, 0.3) is 0 Å². The Hall–Kier alpha value is -1.48. The van der Waals surface area contributed by atoms with Crippen LogP contribution in [0.3, 0.4) is 0 Å². The number of rotatable bonds is 5. The molecule has 0 spiro atoms. The molecule has 0 heterocycles. The number of ether oxygens (including phenoxy) is 1. The number of benzene rings is 1. The molecule has 3 N–H and O–H groups in total. The summed E-state index contributed by atoms with van der Waals surface area (Å²) in [6, 6.07) is 2.40. The van der Waals surface area contributed by atoms with E-state index in [1.165, 1.54) is 7.11 Å². The van der Waals surface area contributed by atoms with Gasteiger partial charge in [-0.15, -0.1) is 0 Å². The number of nitrogens with one attached hydrogen (secondary N) is 1. The fourth-order valence-electron chi connectivity index (χ4n) is 1.24. The molecule has 9 heteroatoms. The van der Waals surface area contributed by atoms with E-state index in [0.717, 1.165) is 12.1 Å². The fourth-order valence-corrected chi connectivity index (χ4v) is 2.25. The Morgan fingerprint density at radius 1 is 1.37 bits per heavy atom. The number of nitrogens with two attached hydrogens (primary N) is 1. The van der Waals surface area contributed by atoms with Gasteiger partial charge in [-0.3, -0.25) is 4.72 Å². The Kier molecular flexibility index (Phi) is 4.64. The van der Waals surface area contributed by atoms with Crippen molar-refractivity contribution >= 4 is 21.4 Å². The minimum atomic E-state index is -4.53. The van der Waals surface area contributed by atoms with Gasteiger partial charge in [0.1, 0.15) is 0 Å². The summed E-state index contributed by atoms with van der Waals surface area (Å²) in [4.78, 5) is 0. The number of nitrogen functional groups attached to an aromatic ring is 1. The molecule has 0 unspecified atom stereocenters. The standard InChI is InChI=1S/C10H13F3N2O3S/c1-18-4-5-19(16,17)15-9-3-2-7(6-8(9)14)10(11,12)13/h2-3,6,15H,4-5,14H2,1H3. The number of alkyl halides is 3. The van der Waals surface area contributed by atoms with E-state index in [1.54, 1.807) is 0 Å². The van der Waals surface area contributed by atoms with Gasteiger partial charge in [0.15, 0.2) is 0 Å². The molecule has 0 bridgehead atoms. The van der Waals surface area contributed by atoms with Crippen molar-refractivity contribution < 1.29 is 26.3 Å². The highest BCUT2D eigenvalue weighted by Gasteiger charge is 2.31. The molecule has 1 aromatic rings. The van der Waals surface area contributed by atoms with Crippen LogP contribution in [0.4, 0.5) is 24.5 Å². The highest BCUT2D eigenvalue weighted by molar-refractivity contribution is 7.92. The second-order valence-electron chi connectivity index (χ2n) is 3.71. The summed E-state index contributed by atoms with van der Waals surface area (Å²) in [7, 11) is -2.37. The first-order valence-electron chi connectivity index (χ1n) is 5.12. The molecule has 0 aromatic heterocycles. The third-order valence-electron chi connectivity index (χ3n) is 2.20. The van der Waals surface area contributed by atoms with Crippen LogP contribution >= 0.6 is 0 Å². The van der Waals surface area contributed by atoms with Crippen LogP contribution in [0.15, 0.2) is 18.2 Å². The quantitative estimate of drug-likeness (QED) is 0.810. The van der Waals surface area contributed by atoms with Crippen LogP contribution in [0, 0.1) is 0 Å². The van der Waals surface area contributed by atoms with Crippen molar-refractivity contribution in [3.8, 4) is 0 Å². The first-order valence-corrected chi connectivity index (χ1v) is 6.77. The van der Waals surface area contributed by atoms with Crippen molar-refractivity contribution in [2.75, 3.05) is 29.9 Å². The van der Waals surface area contributed by atoms with E-state index < -0.39 is 21.8 Å². The lowest BCUT2D eigenvalue weighted by atomic mass is 10.2. The van der Waals surface area contributed by atoms with Crippen LogP contribution in [0.5, 0.6) is 0 Å². The van der Waals surface area contributed by atoms with Gasteiger partial charge in [-0.2, -0.15) is 13.2 Å². The molecule has 108 valence electrons. The van der Waals surface area contributed by atoms with Gasteiger partial charge in [-0.1, -0.05) is 0 Å². The molecule has 0 aliphatic carbocycles.